The topological polar surface area (TPSA) is 98.2 Å². The molecule has 6 nitrogen and oxygen atoms in total. The highest BCUT2D eigenvalue weighted by molar-refractivity contribution is 9.10. The van der Waals surface area contributed by atoms with Crippen LogP contribution >= 0.6 is 27.5 Å². The van der Waals surface area contributed by atoms with Crippen LogP contribution in [0.4, 0.5) is 10.1 Å². The molecule has 0 amide bonds. The minimum Gasteiger partial charge on any atom is -0.395 e. The third kappa shape index (κ3) is 3.37. The van der Waals surface area contributed by atoms with Crippen molar-refractivity contribution in [2.24, 2.45) is 0 Å². The SMILES string of the molecule is Cc1cc(CNS(=O)(=O)c2cc(Cl)c(Br)c(N)c2F)on1. The number of nitrogens with two attached hydrogens (primary N) is 1. The van der Waals surface area contributed by atoms with E-state index < -0.39 is 20.7 Å². The number of rotatable bonds is 4. The fraction of sp³-hybridized carbons (Fsp3) is 0.182. The molecular weight excluding hydrogens is 389 g/mol. The molecule has 0 saturated carbocycles. The second-order valence-electron chi connectivity index (χ2n) is 4.16. The van der Waals surface area contributed by atoms with E-state index in [0.29, 0.717) is 11.5 Å². The van der Waals surface area contributed by atoms with Crippen molar-refractivity contribution in [3.8, 4) is 0 Å². The zero-order valence-electron chi connectivity index (χ0n) is 10.7. The van der Waals surface area contributed by atoms with Crippen molar-refractivity contribution in [2.45, 2.75) is 18.4 Å². The number of nitrogens with zero attached hydrogens (tertiary/aromatic N) is 1. The highest BCUT2D eigenvalue weighted by Crippen LogP contribution is 2.34. The third-order valence-corrected chi connectivity index (χ3v) is 5.34. The molecule has 3 N–H and O–H groups in total. The normalized spacial score (nSPS) is 11.8. The van der Waals surface area contributed by atoms with Gasteiger partial charge in [-0.2, -0.15) is 0 Å². The van der Waals surface area contributed by atoms with Gasteiger partial charge in [0.25, 0.3) is 0 Å². The molecule has 21 heavy (non-hydrogen) atoms. The van der Waals surface area contributed by atoms with Gasteiger partial charge in [0.15, 0.2) is 11.6 Å². The first-order valence-corrected chi connectivity index (χ1v) is 8.22. The van der Waals surface area contributed by atoms with Crippen LogP contribution in [-0.2, 0) is 16.6 Å². The number of aryl methyl sites for hydroxylation is 1. The Labute approximate surface area is 133 Å². The zero-order valence-corrected chi connectivity index (χ0v) is 13.8. The number of halogens is 3. The Morgan fingerprint density at radius 1 is 1.52 bits per heavy atom. The lowest BCUT2D eigenvalue weighted by Crippen LogP contribution is -2.24. The Hall–Kier alpha value is -1.16. The number of nitrogens with one attached hydrogen (secondary N) is 1. The average molecular weight is 399 g/mol. The van der Waals surface area contributed by atoms with Gasteiger partial charge < -0.3 is 10.3 Å². The molecule has 0 unspecified atom stereocenters. The minimum absolute atomic E-state index is 0.00946. The van der Waals surface area contributed by atoms with E-state index in [4.69, 9.17) is 21.9 Å². The van der Waals surface area contributed by atoms with Crippen molar-refractivity contribution < 1.29 is 17.3 Å². The maximum Gasteiger partial charge on any atom is 0.244 e. The van der Waals surface area contributed by atoms with Crippen molar-refractivity contribution in [3.63, 3.8) is 0 Å². The Morgan fingerprint density at radius 2 is 2.19 bits per heavy atom. The first kappa shape index (κ1) is 16.2. The molecular formula is C11H10BrClFN3O3S. The third-order valence-electron chi connectivity index (χ3n) is 2.56. The molecule has 0 aliphatic heterocycles. The molecule has 0 aliphatic carbocycles. The Balaban J connectivity index is 2.32. The molecule has 0 aliphatic rings. The molecule has 1 aromatic heterocycles. The fourth-order valence-electron chi connectivity index (χ4n) is 1.54. The van der Waals surface area contributed by atoms with Crippen LogP contribution < -0.4 is 10.5 Å². The van der Waals surface area contributed by atoms with E-state index in [9.17, 15) is 12.8 Å². The van der Waals surface area contributed by atoms with E-state index in [0.717, 1.165) is 6.07 Å². The second kappa shape index (κ2) is 5.91. The first-order chi connectivity index (χ1) is 9.72. The Kier molecular flexibility index (Phi) is 4.57. The van der Waals surface area contributed by atoms with Crippen LogP contribution in [0.1, 0.15) is 11.5 Å². The van der Waals surface area contributed by atoms with E-state index in [2.05, 4.69) is 25.8 Å². The van der Waals surface area contributed by atoms with Crippen molar-refractivity contribution in [2.75, 3.05) is 5.73 Å². The summed E-state index contributed by atoms with van der Waals surface area (Å²) in [5.74, 6) is -0.778. The number of aromatic nitrogens is 1. The van der Waals surface area contributed by atoms with E-state index in [1.54, 1.807) is 13.0 Å². The summed E-state index contributed by atoms with van der Waals surface area (Å²) in [6.45, 7) is 1.52. The Morgan fingerprint density at radius 3 is 2.76 bits per heavy atom. The molecule has 1 aromatic carbocycles. The van der Waals surface area contributed by atoms with Gasteiger partial charge in [-0.05, 0) is 28.9 Å². The average Bonchev–Trinajstić information content (AvgIpc) is 2.84. The second-order valence-corrected chi connectivity index (χ2v) is 7.09. The number of hydrogen-bond donors (Lipinski definition) is 2. The largest absolute Gasteiger partial charge is 0.395 e. The maximum atomic E-state index is 14.0. The van der Waals surface area contributed by atoms with Crippen LogP contribution in [-0.4, -0.2) is 13.6 Å². The van der Waals surface area contributed by atoms with Gasteiger partial charge in [0.2, 0.25) is 10.0 Å². The highest BCUT2D eigenvalue weighted by Gasteiger charge is 2.24. The van der Waals surface area contributed by atoms with Crippen molar-refractivity contribution in [1.29, 1.82) is 0 Å². The van der Waals surface area contributed by atoms with Crippen LogP contribution in [0, 0.1) is 12.7 Å². The first-order valence-electron chi connectivity index (χ1n) is 5.57. The molecule has 0 spiro atoms. The fourth-order valence-corrected chi connectivity index (χ4v) is 3.21. The van der Waals surface area contributed by atoms with Crippen LogP contribution in [0.2, 0.25) is 5.02 Å². The summed E-state index contributed by atoms with van der Waals surface area (Å²) in [4.78, 5) is -0.635. The maximum absolute atomic E-state index is 14.0. The Bertz CT molecular complexity index is 794. The van der Waals surface area contributed by atoms with E-state index in [1.165, 1.54) is 0 Å². The molecule has 0 bridgehead atoms. The van der Waals surface area contributed by atoms with Crippen LogP contribution in [0.5, 0.6) is 0 Å². The molecule has 114 valence electrons. The number of anilines is 1. The highest BCUT2D eigenvalue weighted by atomic mass is 79.9. The molecule has 0 saturated heterocycles. The van der Waals surface area contributed by atoms with Gasteiger partial charge in [-0.15, -0.1) is 0 Å². The summed E-state index contributed by atoms with van der Waals surface area (Å²) in [5, 5.41) is 3.61. The van der Waals surface area contributed by atoms with Gasteiger partial charge in [0.1, 0.15) is 4.90 Å². The predicted molar refractivity (Wildman–Crippen MR) is 78.8 cm³/mol. The summed E-state index contributed by atoms with van der Waals surface area (Å²) < 4.78 is 45.4. The molecule has 10 heteroatoms. The number of sulfonamides is 1. The van der Waals surface area contributed by atoms with Crippen LogP contribution in [0.3, 0.4) is 0 Å². The predicted octanol–water partition coefficient (Wildman–Crippen LogP) is 2.60. The summed E-state index contributed by atoms with van der Waals surface area (Å²) in [6, 6.07) is 2.53. The number of nitrogen functional groups attached to an aromatic ring is 1. The molecule has 0 atom stereocenters. The molecule has 1 heterocycles. The molecule has 0 fully saturated rings. The van der Waals surface area contributed by atoms with Gasteiger partial charge in [-0.25, -0.2) is 17.5 Å². The minimum atomic E-state index is -4.14. The molecule has 0 radical (unpaired) electrons. The quantitative estimate of drug-likeness (QED) is 0.609. The smallest absolute Gasteiger partial charge is 0.244 e. The van der Waals surface area contributed by atoms with Gasteiger partial charge in [-0.3, -0.25) is 0 Å². The standard InChI is InChI=1S/C11H10BrClFN3O3S/c1-5-2-6(20-17-5)4-16-21(18,19)8-3-7(13)9(12)11(15)10(8)14/h2-3,16H,4,15H2,1H3. The van der Waals surface area contributed by atoms with Gasteiger partial charge in [0, 0.05) is 6.07 Å². The van der Waals surface area contributed by atoms with E-state index in [-0.39, 0.29) is 21.7 Å². The lowest BCUT2D eigenvalue weighted by Gasteiger charge is -2.10. The zero-order chi connectivity index (χ0) is 15.8. The van der Waals surface area contributed by atoms with Gasteiger partial charge >= 0.3 is 0 Å². The van der Waals surface area contributed by atoms with Gasteiger partial charge in [0.05, 0.1) is 27.4 Å². The van der Waals surface area contributed by atoms with Crippen molar-refractivity contribution >= 4 is 43.2 Å². The number of hydrogen-bond acceptors (Lipinski definition) is 5. The summed E-state index contributed by atoms with van der Waals surface area (Å²) >= 11 is 8.78. The summed E-state index contributed by atoms with van der Waals surface area (Å²) in [7, 11) is -4.14. The monoisotopic (exact) mass is 397 g/mol. The summed E-state index contributed by atoms with van der Waals surface area (Å²) in [6.07, 6.45) is 0. The number of benzene rings is 1. The lowest BCUT2D eigenvalue weighted by atomic mass is 10.3. The van der Waals surface area contributed by atoms with Gasteiger partial charge in [-0.1, -0.05) is 16.8 Å². The summed E-state index contributed by atoms with van der Waals surface area (Å²) in [5.41, 5.74) is 5.69. The van der Waals surface area contributed by atoms with E-state index in [1.807, 2.05) is 0 Å². The van der Waals surface area contributed by atoms with E-state index >= 15 is 0 Å². The van der Waals surface area contributed by atoms with Crippen molar-refractivity contribution in [1.82, 2.24) is 9.88 Å². The lowest BCUT2D eigenvalue weighted by molar-refractivity contribution is 0.377. The van der Waals surface area contributed by atoms with Crippen LogP contribution in [0.25, 0.3) is 0 Å². The van der Waals surface area contributed by atoms with Crippen molar-refractivity contribution in [3.05, 3.63) is 38.9 Å². The van der Waals surface area contributed by atoms with Crippen LogP contribution in [0.15, 0.2) is 26.0 Å². The molecule has 2 rings (SSSR count). The molecule has 2 aromatic rings.